The van der Waals surface area contributed by atoms with Crippen LogP contribution in [0.5, 0.6) is 0 Å². The van der Waals surface area contributed by atoms with Crippen LogP contribution in [0.3, 0.4) is 0 Å². The average molecular weight is 375 g/mol. The van der Waals surface area contributed by atoms with E-state index in [4.69, 9.17) is 4.74 Å². The highest BCUT2D eigenvalue weighted by Crippen LogP contribution is 2.17. The van der Waals surface area contributed by atoms with Gasteiger partial charge in [0.2, 0.25) is 17.7 Å². The molecule has 1 aliphatic heterocycles. The summed E-state index contributed by atoms with van der Waals surface area (Å²) in [5, 5.41) is 5.18. The zero-order chi connectivity index (χ0) is 19.8. The van der Waals surface area contributed by atoms with Crippen LogP contribution in [0.4, 0.5) is 0 Å². The third-order valence-electron chi connectivity index (χ3n) is 4.53. The molecule has 27 heavy (non-hydrogen) atoms. The Morgan fingerprint density at radius 3 is 2.56 bits per heavy atom. The molecule has 148 valence electrons. The molecular weight excluding hydrogens is 346 g/mol. The summed E-state index contributed by atoms with van der Waals surface area (Å²) in [4.78, 5) is 37.5. The number of carbonyl (C=O) groups is 3. The molecule has 1 heterocycles. The number of hydrogen-bond acceptors (Lipinski definition) is 4. The Bertz CT molecular complexity index is 648. The maximum absolute atomic E-state index is 12.8. The third-order valence-corrected chi connectivity index (χ3v) is 4.53. The number of carbonyl (C=O) groups excluding carboxylic acids is 3. The van der Waals surface area contributed by atoms with Gasteiger partial charge in [0.1, 0.15) is 6.04 Å². The van der Waals surface area contributed by atoms with E-state index in [1.165, 1.54) is 6.92 Å². The maximum Gasteiger partial charge on any atom is 0.245 e. The molecule has 3 amide bonds. The van der Waals surface area contributed by atoms with Gasteiger partial charge in [0, 0.05) is 20.0 Å². The Morgan fingerprint density at radius 1 is 1.22 bits per heavy atom. The summed E-state index contributed by atoms with van der Waals surface area (Å²) in [6.07, 6.45) is 0.778. The van der Waals surface area contributed by atoms with Crippen molar-refractivity contribution in [1.82, 2.24) is 15.5 Å². The first-order chi connectivity index (χ1) is 12.9. The summed E-state index contributed by atoms with van der Waals surface area (Å²) in [5.41, 5.74) is 1.10. The van der Waals surface area contributed by atoms with Crippen LogP contribution in [0.25, 0.3) is 0 Å². The standard InChI is InChI=1S/C20H29N3O4/c1-14(2)19(22-18(25)11-21-15(3)24)20(26)23-10-9-17(12-23)27-13-16-7-5-4-6-8-16/h4-8,14,17,19H,9-13H2,1-3H3,(H,21,24)(H,22,25)/t17-,19+/m1/s1. The van der Waals surface area contributed by atoms with Gasteiger partial charge in [-0.25, -0.2) is 0 Å². The Balaban J connectivity index is 1.84. The van der Waals surface area contributed by atoms with Crippen molar-refractivity contribution in [3.8, 4) is 0 Å². The monoisotopic (exact) mass is 375 g/mol. The van der Waals surface area contributed by atoms with Gasteiger partial charge in [0.25, 0.3) is 0 Å². The molecule has 2 N–H and O–H groups in total. The van der Waals surface area contributed by atoms with Crippen molar-refractivity contribution in [2.45, 2.75) is 45.9 Å². The lowest BCUT2D eigenvalue weighted by atomic mass is 10.0. The molecule has 0 aliphatic carbocycles. The molecule has 2 atom stereocenters. The van der Waals surface area contributed by atoms with Crippen molar-refractivity contribution < 1.29 is 19.1 Å². The molecule has 1 aromatic carbocycles. The number of nitrogens with zero attached hydrogens (tertiary/aromatic N) is 1. The fraction of sp³-hybridized carbons (Fsp3) is 0.550. The van der Waals surface area contributed by atoms with Crippen molar-refractivity contribution in [3.05, 3.63) is 35.9 Å². The Kier molecular flexibility index (Phi) is 7.79. The first kappa shape index (κ1) is 20.9. The summed E-state index contributed by atoms with van der Waals surface area (Å²) in [6, 6.07) is 9.32. The molecule has 0 aromatic heterocycles. The van der Waals surface area contributed by atoms with E-state index in [1.807, 2.05) is 44.2 Å². The van der Waals surface area contributed by atoms with E-state index in [0.29, 0.717) is 19.7 Å². The van der Waals surface area contributed by atoms with Gasteiger partial charge in [0.05, 0.1) is 19.3 Å². The largest absolute Gasteiger partial charge is 0.372 e. The molecule has 1 aliphatic rings. The predicted octanol–water partition coefficient (Wildman–Crippen LogP) is 1.08. The minimum Gasteiger partial charge on any atom is -0.372 e. The van der Waals surface area contributed by atoms with Crippen LogP contribution >= 0.6 is 0 Å². The molecule has 7 nitrogen and oxygen atoms in total. The van der Waals surface area contributed by atoms with E-state index in [9.17, 15) is 14.4 Å². The zero-order valence-electron chi connectivity index (χ0n) is 16.2. The molecule has 0 saturated carbocycles. The second kappa shape index (κ2) is 10.1. The lowest BCUT2D eigenvalue weighted by Gasteiger charge is -2.27. The van der Waals surface area contributed by atoms with Crippen LogP contribution in [-0.4, -0.2) is 54.4 Å². The minimum atomic E-state index is -0.612. The van der Waals surface area contributed by atoms with E-state index < -0.39 is 6.04 Å². The van der Waals surface area contributed by atoms with Crippen LogP contribution < -0.4 is 10.6 Å². The first-order valence-corrected chi connectivity index (χ1v) is 9.35. The molecule has 1 fully saturated rings. The number of likely N-dealkylation sites (tertiary alicyclic amines) is 1. The number of ether oxygens (including phenoxy) is 1. The van der Waals surface area contributed by atoms with Gasteiger partial charge in [-0.1, -0.05) is 44.2 Å². The van der Waals surface area contributed by atoms with Crippen molar-refractivity contribution in [1.29, 1.82) is 0 Å². The van der Waals surface area contributed by atoms with Gasteiger partial charge < -0.3 is 20.3 Å². The van der Waals surface area contributed by atoms with Crippen LogP contribution in [0, 0.1) is 5.92 Å². The highest BCUT2D eigenvalue weighted by Gasteiger charge is 2.33. The van der Waals surface area contributed by atoms with Gasteiger partial charge in [-0.15, -0.1) is 0 Å². The second-order valence-corrected chi connectivity index (χ2v) is 7.19. The highest BCUT2D eigenvalue weighted by atomic mass is 16.5. The van der Waals surface area contributed by atoms with Gasteiger partial charge in [-0.2, -0.15) is 0 Å². The molecule has 7 heteroatoms. The third kappa shape index (κ3) is 6.67. The van der Waals surface area contributed by atoms with Crippen molar-refractivity contribution in [2.24, 2.45) is 5.92 Å². The Hall–Kier alpha value is -2.41. The zero-order valence-corrected chi connectivity index (χ0v) is 16.2. The predicted molar refractivity (Wildman–Crippen MR) is 102 cm³/mol. The number of amides is 3. The maximum atomic E-state index is 12.8. The van der Waals surface area contributed by atoms with E-state index >= 15 is 0 Å². The number of nitrogens with one attached hydrogen (secondary N) is 2. The van der Waals surface area contributed by atoms with Gasteiger partial charge >= 0.3 is 0 Å². The van der Waals surface area contributed by atoms with Crippen LogP contribution in [-0.2, 0) is 25.7 Å². The van der Waals surface area contributed by atoms with Gasteiger partial charge in [-0.05, 0) is 17.9 Å². The number of benzene rings is 1. The highest BCUT2D eigenvalue weighted by molar-refractivity contribution is 5.90. The van der Waals surface area contributed by atoms with E-state index in [1.54, 1.807) is 4.90 Å². The topological polar surface area (TPSA) is 87.7 Å². The molecule has 1 saturated heterocycles. The number of rotatable bonds is 8. The smallest absolute Gasteiger partial charge is 0.245 e. The fourth-order valence-electron chi connectivity index (χ4n) is 2.99. The molecule has 0 unspecified atom stereocenters. The van der Waals surface area contributed by atoms with Gasteiger partial charge in [-0.3, -0.25) is 14.4 Å². The summed E-state index contributed by atoms with van der Waals surface area (Å²) in [6.45, 7) is 6.66. The molecule has 0 bridgehead atoms. The lowest BCUT2D eigenvalue weighted by molar-refractivity contribution is -0.137. The average Bonchev–Trinajstić information content (AvgIpc) is 3.12. The Labute approximate surface area is 160 Å². The number of hydrogen-bond donors (Lipinski definition) is 2. The normalized spacial score (nSPS) is 17.6. The Morgan fingerprint density at radius 2 is 1.93 bits per heavy atom. The molecule has 0 spiro atoms. The van der Waals surface area contributed by atoms with Crippen molar-refractivity contribution in [2.75, 3.05) is 19.6 Å². The molecule has 0 radical (unpaired) electrons. The second-order valence-electron chi connectivity index (χ2n) is 7.19. The lowest BCUT2D eigenvalue weighted by Crippen LogP contribution is -2.52. The fourth-order valence-corrected chi connectivity index (χ4v) is 2.99. The van der Waals surface area contributed by atoms with Crippen LogP contribution in [0.1, 0.15) is 32.8 Å². The van der Waals surface area contributed by atoms with E-state index in [2.05, 4.69) is 10.6 Å². The van der Waals surface area contributed by atoms with E-state index in [0.717, 1.165) is 12.0 Å². The van der Waals surface area contributed by atoms with Gasteiger partial charge in [0.15, 0.2) is 0 Å². The minimum absolute atomic E-state index is 0.00273. The summed E-state index contributed by atoms with van der Waals surface area (Å²) in [7, 11) is 0. The SMILES string of the molecule is CC(=O)NCC(=O)N[C@H](C(=O)N1CC[C@@H](OCc2ccccc2)C1)C(C)C. The van der Waals surface area contributed by atoms with Crippen LogP contribution in [0.2, 0.25) is 0 Å². The first-order valence-electron chi connectivity index (χ1n) is 9.35. The molecule has 1 aromatic rings. The summed E-state index contributed by atoms with van der Waals surface area (Å²) < 4.78 is 5.93. The quantitative estimate of drug-likeness (QED) is 0.712. The molecule has 2 rings (SSSR count). The molecular formula is C20H29N3O4. The summed E-state index contributed by atoms with van der Waals surface area (Å²) >= 11 is 0. The van der Waals surface area contributed by atoms with Crippen molar-refractivity contribution >= 4 is 17.7 Å². The van der Waals surface area contributed by atoms with E-state index in [-0.39, 0.29) is 36.3 Å². The summed E-state index contributed by atoms with van der Waals surface area (Å²) in [5.74, 6) is -0.807. The van der Waals surface area contributed by atoms with Crippen molar-refractivity contribution in [3.63, 3.8) is 0 Å². The van der Waals surface area contributed by atoms with Crippen LogP contribution in [0.15, 0.2) is 30.3 Å².